The number of carboxylic acid groups (broad SMARTS) is 1. The highest BCUT2D eigenvalue weighted by Crippen LogP contribution is 2.27. The number of benzene rings is 2. The number of carboxylic acids is 1. The SMILES string of the molecule is O=C(O)COc1cccc(C(=O)NC(CC2CCOC2)c2ccccc2)c1. The minimum atomic E-state index is -1.06. The predicted octanol–water partition coefficient (Wildman–Crippen LogP) is 3.05. The second-order valence-electron chi connectivity index (χ2n) is 6.61. The third-order valence-corrected chi connectivity index (χ3v) is 4.56. The maximum Gasteiger partial charge on any atom is 0.341 e. The van der Waals surface area contributed by atoms with Crippen molar-refractivity contribution in [2.75, 3.05) is 19.8 Å². The van der Waals surface area contributed by atoms with Crippen molar-refractivity contribution in [3.63, 3.8) is 0 Å². The summed E-state index contributed by atoms with van der Waals surface area (Å²) in [6.45, 7) is 1.04. The first-order valence-electron chi connectivity index (χ1n) is 9.00. The van der Waals surface area contributed by atoms with Crippen molar-refractivity contribution in [2.24, 2.45) is 5.92 Å². The first-order chi connectivity index (χ1) is 13.1. The number of amides is 1. The van der Waals surface area contributed by atoms with Crippen molar-refractivity contribution in [2.45, 2.75) is 18.9 Å². The van der Waals surface area contributed by atoms with Gasteiger partial charge < -0.3 is 19.9 Å². The molecule has 2 N–H and O–H groups in total. The van der Waals surface area contributed by atoms with Gasteiger partial charge in [0.1, 0.15) is 5.75 Å². The fourth-order valence-electron chi connectivity index (χ4n) is 3.18. The molecule has 0 radical (unpaired) electrons. The Bertz CT molecular complexity index is 771. The second-order valence-corrected chi connectivity index (χ2v) is 6.61. The number of carbonyl (C=O) groups excluding carboxylic acids is 1. The molecule has 0 aliphatic carbocycles. The van der Waals surface area contributed by atoms with Crippen molar-refractivity contribution in [3.05, 3.63) is 65.7 Å². The maximum absolute atomic E-state index is 12.8. The topological polar surface area (TPSA) is 84.9 Å². The molecule has 6 heteroatoms. The van der Waals surface area contributed by atoms with Crippen LogP contribution >= 0.6 is 0 Å². The first kappa shape index (κ1) is 18.9. The summed E-state index contributed by atoms with van der Waals surface area (Å²) in [5, 5.41) is 11.8. The Hall–Kier alpha value is -2.86. The van der Waals surface area contributed by atoms with Crippen LogP contribution in [0.25, 0.3) is 0 Å². The van der Waals surface area contributed by atoms with E-state index in [-0.39, 0.29) is 11.9 Å². The largest absolute Gasteiger partial charge is 0.482 e. The molecule has 27 heavy (non-hydrogen) atoms. The summed E-state index contributed by atoms with van der Waals surface area (Å²) in [6.07, 6.45) is 1.81. The van der Waals surface area contributed by atoms with Crippen molar-refractivity contribution in [1.29, 1.82) is 0 Å². The van der Waals surface area contributed by atoms with E-state index in [2.05, 4.69) is 5.32 Å². The van der Waals surface area contributed by atoms with Gasteiger partial charge in [0, 0.05) is 18.8 Å². The summed E-state index contributed by atoms with van der Waals surface area (Å²) < 4.78 is 10.6. The number of ether oxygens (including phenoxy) is 2. The van der Waals surface area contributed by atoms with Gasteiger partial charge in [-0.1, -0.05) is 36.4 Å². The molecule has 0 spiro atoms. The molecule has 3 rings (SSSR count). The van der Waals surface area contributed by atoms with E-state index in [1.807, 2.05) is 30.3 Å². The highest BCUT2D eigenvalue weighted by Gasteiger charge is 2.23. The van der Waals surface area contributed by atoms with Crippen molar-refractivity contribution in [1.82, 2.24) is 5.32 Å². The molecule has 6 nitrogen and oxygen atoms in total. The summed E-state index contributed by atoms with van der Waals surface area (Å²) in [5.41, 5.74) is 1.48. The zero-order valence-electron chi connectivity index (χ0n) is 15.0. The Morgan fingerprint density at radius 1 is 1.19 bits per heavy atom. The van der Waals surface area contributed by atoms with Crippen LogP contribution in [0.5, 0.6) is 5.75 Å². The molecule has 1 aliphatic rings. The van der Waals surface area contributed by atoms with E-state index in [9.17, 15) is 9.59 Å². The Morgan fingerprint density at radius 3 is 2.70 bits per heavy atom. The van der Waals surface area contributed by atoms with Crippen LogP contribution in [0.1, 0.15) is 34.8 Å². The van der Waals surface area contributed by atoms with Gasteiger partial charge in [-0.15, -0.1) is 0 Å². The fraction of sp³-hybridized carbons (Fsp3) is 0.333. The molecule has 0 bridgehead atoms. The van der Waals surface area contributed by atoms with Gasteiger partial charge in [0.25, 0.3) is 5.91 Å². The lowest BCUT2D eigenvalue weighted by Gasteiger charge is -2.22. The molecule has 2 aromatic rings. The van der Waals surface area contributed by atoms with E-state index in [1.54, 1.807) is 24.3 Å². The standard InChI is InChI=1S/C21H23NO5/c23-20(24)14-27-18-8-4-7-17(12-18)21(25)22-19(11-15-9-10-26-13-15)16-5-2-1-3-6-16/h1-8,12,15,19H,9-11,13-14H2,(H,22,25)(H,23,24). The zero-order valence-corrected chi connectivity index (χ0v) is 15.0. The number of rotatable bonds is 8. The van der Waals surface area contributed by atoms with Gasteiger partial charge in [-0.3, -0.25) is 4.79 Å². The van der Waals surface area contributed by atoms with Gasteiger partial charge >= 0.3 is 5.97 Å². The molecule has 2 unspecified atom stereocenters. The normalized spacial score (nSPS) is 17.3. The van der Waals surface area contributed by atoms with Crippen LogP contribution in [0.2, 0.25) is 0 Å². The minimum Gasteiger partial charge on any atom is -0.482 e. The molecular formula is C21H23NO5. The summed E-state index contributed by atoms with van der Waals surface area (Å²) in [6, 6.07) is 16.3. The van der Waals surface area contributed by atoms with Crippen LogP contribution in [0.15, 0.2) is 54.6 Å². The number of nitrogens with one attached hydrogen (secondary N) is 1. The van der Waals surface area contributed by atoms with E-state index in [1.165, 1.54) is 0 Å². The number of hydrogen-bond acceptors (Lipinski definition) is 4. The van der Waals surface area contributed by atoms with Gasteiger partial charge in [-0.05, 0) is 42.5 Å². The van der Waals surface area contributed by atoms with Gasteiger partial charge in [0.05, 0.1) is 6.04 Å². The molecule has 1 amide bonds. The number of aliphatic carboxylic acids is 1. The van der Waals surface area contributed by atoms with Gasteiger partial charge in [-0.2, -0.15) is 0 Å². The first-order valence-corrected chi connectivity index (χ1v) is 9.00. The van der Waals surface area contributed by atoms with E-state index in [0.717, 1.165) is 31.6 Å². The Balaban J connectivity index is 1.71. The lowest BCUT2D eigenvalue weighted by molar-refractivity contribution is -0.139. The Labute approximate surface area is 158 Å². The lowest BCUT2D eigenvalue weighted by atomic mass is 9.94. The van der Waals surface area contributed by atoms with Gasteiger partial charge in [0.2, 0.25) is 0 Å². The minimum absolute atomic E-state index is 0.117. The smallest absolute Gasteiger partial charge is 0.341 e. The lowest BCUT2D eigenvalue weighted by Crippen LogP contribution is -2.30. The molecule has 1 heterocycles. The molecule has 2 aromatic carbocycles. The van der Waals surface area contributed by atoms with E-state index >= 15 is 0 Å². The number of carbonyl (C=O) groups is 2. The van der Waals surface area contributed by atoms with Crippen LogP contribution in [0.4, 0.5) is 0 Å². The summed E-state index contributed by atoms with van der Waals surface area (Å²) in [7, 11) is 0. The van der Waals surface area contributed by atoms with E-state index in [4.69, 9.17) is 14.6 Å². The molecule has 1 fully saturated rings. The van der Waals surface area contributed by atoms with Crippen LogP contribution < -0.4 is 10.1 Å². The average Bonchev–Trinajstić information content (AvgIpc) is 3.20. The fourth-order valence-corrected chi connectivity index (χ4v) is 3.18. The molecule has 0 aromatic heterocycles. The summed E-state index contributed by atoms with van der Waals surface area (Å²) in [5.74, 6) is -0.512. The molecular weight excluding hydrogens is 346 g/mol. The van der Waals surface area contributed by atoms with E-state index in [0.29, 0.717) is 17.2 Å². The van der Waals surface area contributed by atoms with Gasteiger partial charge in [0.15, 0.2) is 6.61 Å². The highest BCUT2D eigenvalue weighted by molar-refractivity contribution is 5.94. The third-order valence-electron chi connectivity index (χ3n) is 4.56. The summed E-state index contributed by atoms with van der Waals surface area (Å²) >= 11 is 0. The van der Waals surface area contributed by atoms with Crippen LogP contribution in [0.3, 0.4) is 0 Å². The van der Waals surface area contributed by atoms with Crippen molar-refractivity contribution < 1.29 is 24.2 Å². The third kappa shape index (κ3) is 5.56. The Morgan fingerprint density at radius 2 is 2.00 bits per heavy atom. The van der Waals surface area contributed by atoms with Gasteiger partial charge in [-0.25, -0.2) is 4.79 Å². The molecule has 142 valence electrons. The predicted molar refractivity (Wildman–Crippen MR) is 99.8 cm³/mol. The second kappa shape index (κ2) is 9.19. The van der Waals surface area contributed by atoms with Crippen molar-refractivity contribution >= 4 is 11.9 Å². The number of hydrogen-bond donors (Lipinski definition) is 2. The summed E-state index contributed by atoms with van der Waals surface area (Å²) in [4.78, 5) is 23.4. The zero-order chi connectivity index (χ0) is 19.1. The monoisotopic (exact) mass is 369 g/mol. The molecule has 0 saturated carbocycles. The van der Waals surface area contributed by atoms with Crippen molar-refractivity contribution in [3.8, 4) is 5.75 Å². The van der Waals surface area contributed by atoms with Crippen LogP contribution in [0, 0.1) is 5.92 Å². The maximum atomic E-state index is 12.8. The highest BCUT2D eigenvalue weighted by atomic mass is 16.5. The average molecular weight is 369 g/mol. The van der Waals surface area contributed by atoms with Crippen LogP contribution in [-0.4, -0.2) is 36.8 Å². The molecule has 2 atom stereocenters. The van der Waals surface area contributed by atoms with E-state index < -0.39 is 12.6 Å². The quantitative estimate of drug-likeness (QED) is 0.747. The molecule has 1 saturated heterocycles. The Kier molecular flexibility index (Phi) is 6.44. The molecule has 1 aliphatic heterocycles. The van der Waals surface area contributed by atoms with Crippen LogP contribution in [-0.2, 0) is 9.53 Å².